The average Bonchev–Trinajstić information content (AvgIpc) is 3.15. The summed E-state index contributed by atoms with van der Waals surface area (Å²) in [6, 6.07) is 16.2. The predicted molar refractivity (Wildman–Crippen MR) is 102 cm³/mol. The summed E-state index contributed by atoms with van der Waals surface area (Å²) in [5.74, 6) is 1.32. The number of amides is 1. The SMILES string of the molecule is O=C1CCC(c2cccc(NCc3ccc(Oc4cnccn4)cc3)c2)N1. The van der Waals surface area contributed by atoms with Crippen LogP contribution >= 0.6 is 0 Å². The summed E-state index contributed by atoms with van der Waals surface area (Å²) in [5, 5.41) is 6.44. The fraction of sp³-hybridized carbons (Fsp3) is 0.190. The first-order chi connectivity index (χ1) is 13.3. The number of benzene rings is 2. The van der Waals surface area contributed by atoms with Crippen LogP contribution in [-0.4, -0.2) is 15.9 Å². The summed E-state index contributed by atoms with van der Waals surface area (Å²) in [5.41, 5.74) is 3.31. The van der Waals surface area contributed by atoms with E-state index in [0.717, 1.165) is 29.0 Å². The standard InChI is InChI=1S/C21H20N4O2/c26-20-9-8-19(25-20)16-2-1-3-17(12-16)24-13-15-4-6-18(7-5-15)27-21-14-22-10-11-23-21/h1-7,10-12,14,19,24H,8-9,13H2,(H,25,26). The van der Waals surface area contributed by atoms with Gasteiger partial charge in [0.2, 0.25) is 11.8 Å². The average molecular weight is 360 g/mol. The largest absolute Gasteiger partial charge is 0.438 e. The lowest BCUT2D eigenvalue weighted by Gasteiger charge is -2.13. The molecule has 1 aromatic heterocycles. The molecule has 0 radical (unpaired) electrons. The molecule has 1 aliphatic rings. The Morgan fingerprint density at radius 3 is 2.78 bits per heavy atom. The topological polar surface area (TPSA) is 76.1 Å². The Labute approximate surface area is 157 Å². The molecule has 1 saturated heterocycles. The van der Waals surface area contributed by atoms with Gasteiger partial charge in [0.15, 0.2) is 0 Å². The molecule has 6 heteroatoms. The van der Waals surface area contributed by atoms with Crippen LogP contribution in [0.25, 0.3) is 0 Å². The molecule has 1 amide bonds. The molecule has 1 atom stereocenters. The minimum absolute atomic E-state index is 0.122. The Balaban J connectivity index is 1.35. The maximum atomic E-state index is 11.4. The molecule has 27 heavy (non-hydrogen) atoms. The Hall–Kier alpha value is -3.41. The highest BCUT2D eigenvalue weighted by Crippen LogP contribution is 2.26. The van der Waals surface area contributed by atoms with Crippen molar-refractivity contribution >= 4 is 11.6 Å². The molecule has 0 spiro atoms. The van der Waals surface area contributed by atoms with Crippen molar-refractivity contribution in [1.82, 2.24) is 15.3 Å². The highest BCUT2D eigenvalue weighted by atomic mass is 16.5. The van der Waals surface area contributed by atoms with Crippen molar-refractivity contribution in [2.24, 2.45) is 0 Å². The van der Waals surface area contributed by atoms with Crippen molar-refractivity contribution in [1.29, 1.82) is 0 Å². The van der Waals surface area contributed by atoms with Gasteiger partial charge in [-0.2, -0.15) is 0 Å². The van der Waals surface area contributed by atoms with Crippen LogP contribution < -0.4 is 15.4 Å². The van der Waals surface area contributed by atoms with Crippen LogP contribution in [0.1, 0.15) is 30.0 Å². The van der Waals surface area contributed by atoms with E-state index in [1.54, 1.807) is 18.6 Å². The molecule has 4 rings (SSSR count). The minimum atomic E-state index is 0.122. The Bertz CT molecular complexity index is 913. The molecule has 1 aliphatic heterocycles. The smallest absolute Gasteiger partial charge is 0.237 e. The summed E-state index contributed by atoms with van der Waals surface area (Å²) >= 11 is 0. The van der Waals surface area contributed by atoms with Crippen LogP contribution in [0.5, 0.6) is 11.6 Å². The van der Waals surface area contributed by atoms with Crippen molar-refractivity contribution in [3.8, 4) is 11.6 Å². The zero-order valence-corrected chi connectivity index (χ0v) is 14.8. The second-order valence-electron chi connectivity index (χ2n) is 6.43. The zero-order valence-electron chi connectivity index (χ0n) is 14.8. The first kappa shape index (κ1) is 17.0. The number of nitrogens with zero attached hydrogens (tertiary/aromatic N) is 2. The summed E-state index contributed by atoms with van der Waals surface area (Å²) < 4.78 is 5.65. The van der Waals surface area contributed by atoms with Gasteiger partial charge in [-0.25, -0.2) is 4.98 Å². The monoisotopic (exact) mass is 360 g/mol. The summed E-state index contributed by atoms with van der Waals surface area (Å²) in [6.07, 6.45) is 6.24. The normalized spacial score (nSPS) is 16.0. The van der Waals surface area contributed by atoms with Crippen LogP contribution in [0, 0.1) is 0 Å². The number of nitrogens with one attached hydrogen (secondary N) is 2. The molecule has 2 N–H and O–H groups in total. The predicted octanol–water partition coefficient (Wildman–Crippen LogP) is 3.83. The minimum Gasteiger partial charge on any atom is -0.438 e. The van der Waals surface area contributed by atoms with E-state index in [2.05, 4.69) is 32.7 Å². The number of aromatic nitrogens is 2. The van der Waals surface area contributed by atoms with Crippen molar-refractivity contribution in [2.75, 3.05) is 5.32 Å². The van der Waals surface area contributed by atoms with Crippen molar-refractivity contribution in [2.45, 2.75) is 25.4 Å². The molecular weight excluding hydrogens is 340 g/mol. The second kappa shape index (κ2) is 7.86. The van der Waals surface area contributed by atoms with Crippen molar-refractivity contribution in [3.63, 3.8) is 0 Å². The number of hydrogen-bond acceptors (Lipinski definition) is 5. The van der Waals surface area contributed by atoms with Crippen LogP contribution in [0.2, 0.25) is 0 Å². The third-order valence-electron chi connectivity index (χ3n) is 4.47. The van der Waals surface area contributed by atoms with E-state index in [4.69, 9.17) is 4.74 Å². The van der Waals surface area contributed by atoms with Gasteiger partial charge < -0.3 is 15.4 Å². The third kappa shape index (κ3) is 4.41. The van der Waals surface area contributed by atoms with E-state index >= 15 is 0 Å². The number of hydrogen-bond donors (Lipinski definition) is 2. The lowest BCUT2D eigenvalue weighted by atomic mass is 10.0. The number of anilines is 1. The molecule has 136 valence electrons. The highest BCUT2D eigenvalue weighted by Gasteiger charge is 2.22. The Morgan fingerprint density at radius 1 is 1.15 bits per heavy atom. The van der Waals surface area contributed by atoms with E-state index in [9.17, 15) is 4.79 Å². The summed E-state index contributed by atoms with van der Waals surface area (Å²) in [4.78, 5) is 19.5. The molecule has 1 fully saturated rings. The van der Waals surface area contributed by atoms with Crippen LogP contribution in [0.4, 0.5) is 5.69 Å². The molecule has 6 nitrogen and oxygen atoms in total. The van der Waals surface area contributed by atoms with Crippen LogP contribution in [0.3, 0.4) is 0 Å². The fourth-order valence-corrected chi connectivity index (χ4v) is 3.07. The number of rotatable bonds is 6. The molecule has 3 aromatic rings. The molecule has 0 aliphatic carbocycles. The lowest BCUT2D eigenvalue weighted by Crippen LogP contribution is -2.18. The Kier molecular flexibility index (Phi) is 4.96. The third-order valence-corrected chi connectivity index (χ3v) is 4.47. The Morgan fingerprint density at radius 2 is 2.04 bits per heavy atom. The molecule has 0 bridgehead atoms. The quantitative estimate of drug-likeness (QED) is 0.699. The van der Waals surface area contributed by atoms with Gasteiger partial charge >= 0.3 is 0 Å². The van der Waals surface area contributed by atoms with Crippen molar-refractivity contribution in [3.05, 3.63) is 78.2 Å². The zero-order chi connectivity index (χ0) is 18.5. The van der Waals surface area contributed by atoms with Gasteiger partial charge in [-0.05, 0) is 41.8 Å². The van der Waals surface area contributed by atoms with E-state index in [-0.39, 0.29) is 11.9 Å². The van der Waals surface area contributed by atoms with Gasteiger partial charge in [-0.15, -0.1) is 0 Å². The molecule has 2 aromatic carbocycles. The number of ether oxygens (including phenoxy) is 1. The van der Waals surface area contributed by atoms with E-state index in [0.29, 0.717) is 18.8 Å². The van der Waals surface area contributed by atoms with Gasteiger partial charge in [0.05, 0.1) is 12.2 Å². The first-order valence-corrected chi connectivity index (χ1v) is 8.92. The van der Waals surface area contributed by atoms with Crippen molar-refractivity contribution < 1.29 is 9.53 Å². The second-order valence-corrected chi connectivity index (χ2v) is 6.43. The molecule has 2 heterocycles. The summed E-state index contributed by atoms with van der Waals surface area (Å²) in [6.45, 7) is 0.700. The highest BCUT2D eigenvalue weighted by molar-refractivity contribution is 5.78. The van der Waals surface area contributed by atoms with Gasteiger partial charge in [0.25, 0.3) is 0 Å². The van der Waals surface area contributed by atoms with E-state index in [1.807, 2.05) is 36.4 Å². The maximum Gasteiger partial charge on any atom is 0.237 e. The van der Waals surface area contributed by atoms with Crippen LogP contribution in [0.15, 0.2) is 67.1 Å². The van der Waals surface area contributed by atoms with Gasteiger partial charge in [0, 0.05) is 31.0 Å². The number of carbonyl (C=O) groups is 1. The lowest BCUT2D eigenvalue weighted by molar-refractivity contribution is -0.119. The van der Waals surface area contributed by atoms with Crippen LogP contribution in [-0.2, 0) is 11.3 Å². The van der Waals surface area contributed by atoms with E-state index in [1.165, 1.54) is 0 Å². The fourth-order valence-electron chi connectivity index (χ4n) is 3.07. The molecule has 0 saturated carbocycles. The van der Waals surface area contributed by atoms with Gasteiger partial charge in [-0.3, -0.25) is 9.78 Å². The van der Waals surface area contributed by atoms with E-state index < -0.39 is 0 Å². The summed E-state index contributed by atoms with van der Waals surface area (Å²) in [7, 11) is 0. The molecule has 1 unspecified atom stereocenters. The van der Waals surface area contributed by atoms with Gasteiger partial charge in [0.1, 0.15) is 5.75 Å². The molecular formula is C21H20N4O2. The first-order valence-electron chi connectivity index (χ1n) is 8.92. The maximum absolute atomic E-state index is 11.4. The number of carbonyl (C=O) groups excluding carboxylic acids is 1. The van der Waals surface area contributed by atoms with Gasteiger partial charge in [-0.1, -0.05) is 24.3 Å².